The fourth-order valence-corrected chi connectivity index (χ4v) is 2.19. The van der Waals surface area contributed by atoms with Crippen molar-refractivity contribution in [3.8, 4) is 0 Å². The maximum absolute atomic E-state index is 5.78. The molecule has 0 aliphatic carbocycles. The highest BCUT2D eigenvalue weighted by Gasteiger charge is 2.24. The van der Waals surface area contributed by atoms with Gasteiger partial charge in [0, 0.05) is 18.6 Å². The third-order valence-corrected chi connectivity index (χ3v) is 2.95. The third-order valence-electron chi connectivity index (χ3n) is 2.95. The molecule has 84 valence electrons. The van der Waals surface area contributed by atoms with Gasteiger partial charge >= 0.3 is 0 Å². The van der Waals surface area contributed by atoms with Gasteiger partial charge in [-0.25, -0.2) is 0 Å². The van der Waals surface area contributed by atoms with Gasteiger partial charge in [0.15, 0.2) is 0 Å². The lowest BCUT2D eigenvalue weighted by molar-refractivity contribution is 0.203. The highest BCUT2D eigenvalue weighted by atomic mass is 15.2. The molecule has 3 nitrogen and oxygen atoms in total. The predicted molar refractivity (Wildman–Crippen MR) is 61.4 cm³/mol. The third kappa shape index (κ3) is 3.95. The molecule has 1 aliphatic heterocycles. The quantitative estimate of drug-likeness (QED) is 0.709. The molecule has 0 saturated carbocycles. The van der Waals surface area contributed by atoms with E-state index < -0.39 is 0 Å². The molecule has 1 aliphatic rings. The van der Waals surface area contributed by atoms with E-state index in [1.165, 1.54) is 32.5 Å². The summed E-state index contributed by atoms with van der Waals surface area (Å²) in [4.78, 5) is 4.89. The zero-order valence-corrected chi connectivity index (χ0v) is 9.87. The minimum absolute atomic E-state index is 0.343. The van der Waals surface area contributed by atoms with Crippen LogP contribution in [0, 0.1) is 0 Å². The smallest absolute Gasteiger partial charge is 0.0223 e. The predicted octanol–water partition coefficient (Wildman–Crippen LogP) is 0.750. The van der Waals surface area contributed by atoms with E-state index in [0.717, 1.165) is 12.5 Å². The Labute approximate surface area is 88.2 Å². The molecule has 0 aromatic heterocycles. The maximum atomic E-state index is 5.78. The van der Waals surface area contributed by atoms with Crippen LogP contribution in [0.5, 0.6) is 0 Å². The van der Waals surface area contributed by atoms with E-state index in [-0.39, 0.29) is 0 Å². The summed E-state index contributed by atoms with van der Waals surface area (Å²) in [7, 11) is 4.31. The van der Waals surface area contributed by atoms with Crippen molar-refractivity contribution in [2.75, 3.05) is 33.7 Å². The van der Waals surface area contributed by atoms with Gasteiger partial charge in [-0.15, -0.1) is 0 Å². The monoisotopic (exact) mass is 199 g/mol. The standard InChI is InChI=1S/C11H25N3/c1-10(12)6-8-14-7-4-5-11(14)9-13(2)3/h10-11H,4-9,12H2,1-3H3. The minimum Gasteiger partial charge on any atom is -0.328 e. The molecular weight excluding hydrogens is 174 g/mol. The molecule has 1 heterocycles. The van der Waals surface area contributed by atoms with Gasteiger partial charge in [-0.2, -0.15) is 0 Å². The van der Waals surface area contributed by atoms with Gasteiger partial charge in [-0.1, -0.05) is 0 Å². The van der Waals surface area contributed by atoms with Crippen LogP contribution in [0.2, 0.25) is 0 Å². The first-order chi connectivity index (χ1) is 6.59. The van der Waals surface area contributed by atoms with Crippen molar-refractivity contribution in [3.63, 3.8) is 0 Å². The Morgan fingerprint density at radius 2 is 2.21 bits per heavy atom. The first-order valence-corrected chi connectivity index (χ1v) is 5.74. The van der Waals surface area contributed by atoms with E-state index in [4.69, 9.17) is 5.73 Å². The van der Waals surface area contributed by atoms with Crippen molar-refractivity contribution in [1.82, 2.24) is 9.80 Å². The fourth-order valence-electron chi connectivity index (χ4n) is 2.19. The first-order valence-electron chi connectivity index (χ1n) is 5.74. The van der Waals surface area contributed by atoms with E-state index in [2.05, 4.69) is 30.8 Å². The maximum Gasteiger partial charge on any atom is 0.0223 e. The average Bonchev–Trinajstić information content (AvgIpc) is 2.47. The van der Waals surface area contributed by atoms with Crippen LogP contribution in [0.3, 0.4) is 0 Å². The van der Waals surface area contributed by atoms with E-state index in [9.17, 15) is 0 Å². The number of rotatable bonds is 5. The van der Waals surface area contributed by atoms with Gasteiger partial charge in [-0.3, -0.25) is 4.90 Å². The number of likely N-dealkylation sites (tertiary alicyclic amines) is 1. The summed E-state index contributed by atoms with van der Waals surface area (Å²) in [6, 6.07) is 1.11. The normalized spacial score (nSPS) is 25.9. The van der Waals surface area contributed by atoms with Gasteiger partial charge in [-0.05, 0) is 53.4 Å². The molecular formula is C11H25N3. The first kappa shape index (κ1) is 12.0. The van der Waals surface area contributed by atoms with Crippen molar-refractivity contribution < 1.29 is 0 Å². The highest BCUT2D eigenvalue weighted by molar-refractivity contribution is 4.81. The molecule has 1 rings (SSSR count). The molecule has 2 atom stereocenters. The van der Waals surface area contributed by atoms with Crippen molar-refractivity contribution in [2.45, 2.75) is 38.3 Å². The molecule has 0 aromatic rings. The van der Waals surface area contributed by atoms with Crippen LogP contribution in [-0.2, 0) is 0 Å². The lowest BCUT2D eigenvalue weighted by Crippen LogP contribution is -2.39. The molecule has 0 spiro atoms. The van der Waals surface area contributed by atoms with Crippen LogP contribution < -0.4 is 5.73 Å². The molecule has 1 fully saturated rings. The average molecular weight is 199 g/mol. The largest absolute Gasteiger partial charge is 0.328 e. The van der Waals surface area contributed by atoms with Crippen LogP contribution in [-0.4, -0.2) is 55.6 Å². The van der Waals surface area contributed by atoms with Gasteiger partial charge in [0.2, 0.25) is 0 Å². The van der Waals surface area contributed by atoms with E-state index in [1.807, 2.05) is 0 Å². The molecule has 2 N–H and O–H groups in total. The molecule has 2 unspecified atom stereocenters. The van der Waals surface area contributed by atoms with Crippen molar-refractivity contribution >= 4 is 0 Å². The Hall–Kier alpha value is -0.120. The second-order valence-corrected chi connectivity index (χ2v) is 4.86. The Kier molecular flexibility index (Phi) is 4.85. The van der Waals surface area contributed by atoms with Gasteiger partial charge < -0.3 is 10.6 Å². The molecule has 1 saturated heterocycles. The summed E-state index contributed by atoms with van der Waals surface area (Å²) < 4.78 is 0. The number of nitrogens with two attached hydrogens (primary N) is 1. The van der Waals surface area contributed by atoms with E-state index >= 15 is 0 Å². The summed E-state index contributed by atoms with van der Waals surface area (Å²) in [5.74, 6) is 0. The zero-order chi connectivity index (χ0) is 10.6. The van der Waals surface area contributed by atoms with Crippen LogP contribution in [0.1, 0.15) is 26.2 Å². The molecule has 3 heteroatoms. The molecule has 0 radical (unpaired) electrons. The SMILES string of the molecule is CC(N)CCN1CCCC1CN(C)C. The van der Waals surface area contributed by atoms with Gasteiger partial charge in [0.1, 0.15) is 0 Å². The summed E-state index contributed by atoms with van der Waals surface area (Å²) in [6.07, 6.45) is 3.85. The molecule has 14 heavy (non-hydrogen) atoms. The second-order valence-electron chi connectivity index (χ2n) is 4.86. The minimum atomic E-state index is 0.343. The summed E-state index contributed by atoms with van der Waals surface area (Å²) in [6.45, 7) is 5.73. The fraction of sp³-hybridized carbons (Fsp3) is 1.00. The van der Waals surface area contributed by atoms with Crippen LogP contribution in [0.4, 0.5) is 0 Å². The number of hydrogen-bond acceptors (Lipinski definition) is 3. The van der Waals surface area contributed by atoms with Crippen LogP contribution in [0.15, 0.2) is 0 Å². The summed E-state index contributed by atoms with van der Waals surface area (Å²) in [5.41, 5.74) is 5.78. The van der Waals surface area contributed by atoms with E-state index in [0.29, 0.717) is 6.04 Å². The number of likely N-dealkylation sites (N-methyl/N-ethyl adjacent to an activating group) is 1. The number of nitrogens with zero attached hydrogens (tertiary/aromatic N) is 2. The topological polar surface area (TPSA) is 32.5 Å². The second kappa shape index (κ2) is 5.69. The Morgan fingerprint density at radius 3 is 2.79 bits per heavy atom. The molecule has 0 bridgehead atoms. The Balaban J connectivity index is 2.28. The Morgan fingerprint density at radius 1 is 1.50 bits per heavy atom. The van der Waals surface area contributed by atoms with Gasteiger partial charge in [0.05, 0.1) is 0 Å². The zero-order valence-electron chi connectivity index (χ0n) is 9.87. The molecule has 0 amide bonds. The van der Waals surface area contributed by atoms with Crippen LogP contribution >= 0.6 is 0 Å². The van der Waals surface area contributed by atoms with E-state index in [1.54, 1.807) is 0 Å². The van der Waals surface area contributed by atoms with Crippen molar-refractivity contribution in [2.24, 2.45) is 5.73 Å². The van der Waals surface area contributed by atoms with Crippen molar-refractivity contribution in [3.05, 3.63) is 0 Å². The lowest BCUT2D eigenvalue weighted by atomic mass is 10.2. The van der Waals surface area contributed by atoms with Crippen molar-refractivity contribution in [1.29, 1.82) is 0 Å². The number of hydrogen-bond donors (Lipinski definition) is 1. The lowest BCUT2D eigenvalue weighted by Gasteiger charge is -2.27. The van der Waals surface area contributed by atoms with Gasteiger partial charge in [0.25, 0.3) is 0 Å². The summed E-state index contributed by atoms with van der Waals surface area (Å²) in [5, 5.41) is 0. The summed E-state index contributed by atoms with van der Waals surface area (Å²) >= 11 is 0. The molecule has 0 aromatic carbocycles. The highest BCUT2D eigenvalue weighted by Crippen LogP contribution is 2.17. The van der Waals surface area contributed by atoms with Crippen LogP contribution in [0.25, 0.3) is 0 Å². The Bertz CT molecular complexity index is 157.